The third-order valence-electron chi connectivity index (χ3n) is 2.75. The van der Waals surface area contributed by atoms with Crippen LogP contribution in [0.4, 0.5) is 5.69 Å². The predicted molar refractivity (Wildman–Crippen MR) is 62.0 cm³/mol. The minimum absolute atomic E-state index is 0.125. The second kappa shape index (κ2) is 4.49. The van der Waals surface area contributed by atoms with E-state index >= 15 is 0 Å². The summed E-state index contributed by atoms with van der Waals surface area (Å²) in [6.07, 6.45) is 2.49. The molecule has 0 aliphatic carbocycles. The Bertz CT molecular complexity index is 376. The van der Waals surface area contributed by atoms with E-state index in [2.05, 4.69) is 15.2 Å². The van der Waals surface area contributed by atoms with Gasteiger partial charge in [0, 0.05) is 12.6 Å². The molecule has 2 rings (SSSR count). The Morgan fingerprint density at radius 3 is 3.00 bits per heavy atom. The van der Waals surface area contributed by atoms with Gasteiger partial charge in [-0.15, -0.1) is 0 Å². The summed E-state index contributed by atoms with van der Waals surface area (Å²) in [7, 11) is 2.05. The van der Waals surface area contributed by atoms with Crippen LogP contribution in [0.2, 0.25) is 0 Å². The number of nitrogen functional groups attached to an aromatic ring is 1. The van der Waals surface area contributed by atoms with Crippen LogP contribution in [0.25, 0.3) is 0 Å². The first kappa shape index (κ1) is 10.9. The topological polar surface area (TPSA) is 71.2 Å². The number of likely N-dealkylation sites (N-methyl/N-ethyl adjacent to an activating group) is 1. The van der Waals surface area contributed by atoms with E-state index in [4.69, 9.17) is 5.73 Å². The molecular formula is C11H16N4O. The van der Waals surface area contributed by atoms with Gasteiger partial charge in [-0.25, -0.2) is 4.98 Å². The molecule has 1 aliphatic heterocycles. The smallest absolute Gasteiger partial charge is 0.270 e. The fraction of sp³-hybridized carbons (Fsp3) is 0.455. The lowest BCUT2D eigenvalue weighted by Gasteiger charge is -2.12. The summed E-state index contributed by atoms with van der Waals surface area (Å²) in [5.74, 6) is -0.125. The Balaban J connectivity index is 1.95. The van der Waals surface area contributed by atoms with Crippen LogP contribution >= 0.6 is 0 Å². The van der Waals surface area contributed by atoms with Crippen LogP contribution in [0.1, 0.15) is 16.9 Å². The molecule has 1 unspecified atom stereocenters. The van der Waals surface area contributed by atoms with Crippen molar-refractivity contribution >= 4 is 11.6 Å². The number of hydrogen-bond acceptors (Lipinski definition) is 4. The van der Waals surface area contributed by atoms with Crippen LogP contribution in [0, 0.1) is 0 Å². The van der Waals surface area contributed by atoms with E-state index in [-0.39, 0.29) is 11.9 Å². The SMILES string of the molecule is CN1CCC(NC(=O)c2ccc(N)cn2)C1. The van der Waals surface area contributed by atoms with Crippen LogP contribution in [-0.2, 0) is 0 Å². The summed E-state index contributed by atoms with van der Waals surface area (Å²) in [6.45, 7) is 1.93. The molecule has 0 radical (unpaired) electrons. The Labute approximate surface area is 94.6 Å². The van der Waals surface area contributed by atoms with Gasteiger partial charge in [0.15, 0.2) is 0 Å². The second-order valence-electron chi connectivity index (χ2n) is 4.20. The molecule has 0 bridgehead atoms. The number of nitrogens with zero attached hydrogens (tertiary/aromatic N) is 2. The third-order valence-corrected chi connectivity index (χ3v) is 2.75. The molecule has 3 N–H and O–H groups in total. The van der Waals surface area contributed by atoms with Crippen molar-refractivity contribution in [3.05, 3.63) is 24.0 Å². The highest BCUT2D eigenvalue weighted by Crippen LogP contribution is 2.07. The average Bonchev–Trinajstić information content (AvgIpc) is 2.65. The van der Waals surface area contributed by atoms with Crippen LogP contribution in [0.5, 0.6) is 0 Å². The molecule has 1 aromatic rings. The number of likely N-dealkylation sites (tertiary alicyclic amines) is 1. The number of nitrogens with one attached hydrogen (secondary N) is 1. The van der Waals surface area contributed by atoms with Crippen molar-refractivity contribution in [3.63, 3.8) is 0 Å². The third kappa shape index (κ3) is 2.49. The van der Waals surface area contributed by atoms with E-state index in [1.165, 1.54) is 6.20 Å². The van der Waals surface area contributed by atoms with Crippen LogP contribution in [0.3, 0.4) is 0 Å². The first-order chi connectivity index (χ1) is 7.65. The van der Waals surface area contributed by atoms with Crippen molar-refractivity contribution in [3.8, 4) is 0 Å². The largest absolute Gasteiger partial charge is 0.397 e. The summed E-state index contributed by atoms with van der Waals surface area (Å²) in [5, 5.41) is 2.96. The van der Waals surface area contributed by atoms with Gasteiger partial charge in [0.05, 0.1) is 11.9 Å². The molecule has 1 atom stereocenters. The Morgan fingerprint density at radius 2 is 2.44 bits per heavy atom. The van der Waals surface area contributed by atoms with Crippen molar-refractivity contribution in [2.45, 2.75) is 12.5 Å². The van der Waals surface area contributed by atoms with E-state index in [1.54, 1.807) is 12.1 Å². The van der Waals surface area contributed by atoms with Gasteiger partial charge in [-0.2, -0.15) is 0 Å². The Hall–Kier alpha value is -1.62. The number of aromatic nitrogens is 1. The highest BCUT2D eigenvalue weighted by Gasteiger charge is 2.21. The molecule has 0 spiro atoms. The Kier molecular flexibility index (Phi) is 3.05. The fourth-order valence-electron chi connectivity index (χ4n) is 1.85. The fourth-order valence-corrected chi connectivity index (χ4v) is 1.85. The number of anilines is 1. The van der Waals surface area contributed by atoms with Gasteiger partial charge in [-0.05, 0) is 32.1 Å². The number of carbonyl (C=O) groups is 1. The van der Waals surface area contributed by atoms with E-state index < -0.39 is 0 Å². The van der Waals surface area contributed by atoms with Crippen LogP contribution < -0.4 is 11.1 Å². The van der Waals surface area contributed by atoms with Gasteiger partial charge >= 0.3 is 0 Å². The highest BCUT2D eigenvalue weighted by molar-refractivity contribution is 5.92. The maximum atomic E-state index is 11.8. The predicted octanol–water partition coefficient (Wildman–Crippen LogP) is 0.0977. The van der Waals surface area contributed by atoms with E-state index in [1.807, 2.05) is 7.05 Å². The molecule has 0 saturated carbocycles. The van der Waals surface area contributed by atoms with E-state index in [9.17, 15) is 4.79 Å². The van der Waals surface area contributed by atoms with Crippen LogP contribution in [-0.4, -0.2) is 42.0 Å². The molecule has 5 nitrogen and oxygen atoms in total. The first-order valence-electron chi connectivity index (χ1n) is 5.36. The maximum Gasteiger partial charge on any atom is 0.270 e. The van der Waals surface area contributed by atoms with E-state index in [0.717, 1.165) is 19.5 Å². The molecule has 2 heterocycles. The minimum atomic E-state index is -0.125. The zero-order chi connectivity index (χ0) is 11.5. The lowest BCUT2D eigenvalue weighted by atomic mass is 10.2. The number of nitrogens with two attached hydrogens (primary N) is 1. The molecule has 1 aromatic heterocycles. The number of amides is 1. The number of rotatable bonds is 2. The Morgan fingerprint density at radius 1 is 1.62 bits per heavy atom. The monoisotopic (exact) mass is 220 g/mol. The first-order valence-corrected chi connectivity index (χ1v) is 5.36. The normalized spacial score (nSPS) is 20.9. The van der Waals surface area contributed by atoms with Gasteiger partial charge in [0.25, 0.3) is 5.91 Å². The van der Waals surface area contributed by atoms with Crippen molar-refractivity contribution in [2.75, 3.05) is 25.9 Å². The number of hydrogen-bond donors (Lipinski definition) is 2. The lowest BCUT2D eigenvalue weighted by molar-refractivity contribution is 0.0933. The number of pyridine rings is 1. The highest BCUT2D eigenvalue weighted by atomic mass is 16.1. The summed E-state index contributed by atoms with van der Waals surface area (Å²) in [4.78, 5) is 18.0. The van der Waals surface area contributed by atoms with Gasteiger partial charge in [0.2, 0.25) is 0 Å². The van der Waals surface area contributed by atoms with Crippen molar-refractivity contribution < 1.29 is 4.79 Å². The zero-order valence-electron chi connectivity index (χ0n) is 9.31. The van der Waals surface area contributed by atoms with Crippen molar-refractivity contribution in [2.24, 2.45) is 0 Å². The molecule has 86 valence electrons. The van der Waals surface area contributed by atoms with Gasteiger partial charge in [0.1, 0.15) is 5.69 Å². The summed E-state index contributed by atoms with van der Waals surface area (Å²) < 4.78 is 0. The molecule has 1 fully saturated rings. The van der Waals surface area contributed by atoms with Gasteiger partial charge < -0.3 is 16.0 Å². The molecule has 1 saturated heterocycles. The van der Waals surface area contributed by atoms with Gasteiger partial charge in [-0.3, -0.25) is 4.79 Å². The minimum Gasteiger partial charge on any atom is -0.397 e. The standard InChI is InChI=1S/C11H16N4O/c1-15-5-4-9(7-15)14-11(16)10-3-2-8(12)6-13-10/h2-3,6,9H,4-5,7,12H2,1H3,(H,14,16). The summed E-state index contributed by atoms with van der Waals surface area (Å²) >= 11 is 0. The molecule has 16 heavy (non-hydrogen) atoms. The quantitative estimate of drug-likeness (QED) is 0.741. The summed E-state index contributed by atoms with van der Waals surface area (Å²) in [5.41, 5.74) is 6.49. The molecule has 1 amide bonds. The molecule has 1 aliphatic rings. The zero-order valence-corrected chi connectivity index (χ0v) is 9.31. The van der Waals surface area contributed by atoms with Crippen LogP contribution in [0.15, 0.2) is 18.3 Å². The van der Waals surface area contributed by atoms with Gasteiger partial charge in [-0.1, -0.05) is 0 Å². The van der Waals surface area contributed by atoms with Crippen molar-refractivity contribution in [1.82, 2.24) is 15.2 Å². The lowest BCUT2D eigenvalue weighted by Crippen LogP contribution is -2.36. The molecular weight excluding hydrogens is 204 g/mol. The molecule has 5 heteroatoms. The summed E-state index contributed by atoms with van der Waals surface area (Å²) in [6, 6.07) is 3.56. The second-order valence-corrected chi connectivity index (χ2v) is 4.20. The molecule has 0 aromatic carbocycles. The number of carbonyl (C=O) groups excluding carboxylic acids is 1. The van der Waals surface area contributed by atoms with E-state index in [0.29, 0.717) is 11.4 Å². The average molecular weight is 220 g/mol. The maximum absolute atomic E-state index is 11.8. The van der Waals surface area contributed by atoms with Crippen molar-refractivity contribution in [1.29, 1.82) is 0 Å².